The lowest BCUT2D eigenvalue weighted by atomic mass is 10.3. The summed E-state index contributed by atoms with van der Waals surface area (Å²) in [6, 6.07) is 1.20. The maximum atomic E-state index is 13.5. The number of tetrazole rings is 1. The van der Waals surface area contributed by atoms with E-state index in [1.807, 2.05) is 0 Å². The summed E-state index contributed by atoms with van der Waals surface area (Å²) in [5.74, 6) is -0.612. The van der Waals surface area contributed by atoms with Gasteiger partial charge in [-0.2, -0.15) is 4.68 Å². The highest BCUT2D eigenvalue weighted by atomic mass is 19.1. The van der Waals surface area contributed by atoms with Crippen LogP contribution in [-0.2, 0) is 16.1 Å². The van der Waals surface area contributed by atoms with E-state index in [4.69, 9.17) is 0 Å². The predicted octanol–water partition coefficient (Wildman–Crippen LogP) is -0.131. The van der Waals surface area contributed by atoms with E-state index in [0.29, 0.717) is 5.56 Å². The number of pyridine rings is 1. The fourth-order valence-corrected chi connectivity index (χ4v) is 1.11. The van der Waals surface area contributed by atoms with Gasteiger partial charge in [0.2, 0.25) is 0 Å². The number of hydrogen-bond donors (Lipinski definition) is 0. The third-order valence-electron chi connectivity index (χ3n) is 1.76. The minimum atomic E-state index is -0.598. The van der Waals surface area contributed by atoms with E-state index in [0.717, 1.165) is 4.68 Å². The Balaban J connectivity index is 2.26. The van der Waals surface area contributed by atoms with Crippen molar-refractivity contribution in [1.82, 2.24) is 25.2 Å². The molecule has 16 heavy (non-hydrogen) atoms. The maximum absolute atomic E-state index is 13.5. The molecule has 0 spiro atoms. The zero-order valence-electron chi connectivity index (χ0n) is 7.95. The number of nitrogens with zero attached hydrogens (tertiary/aromatic N) is 5. The highest BCUT2D eigenvalue weighted by Gasteiger charge is 2.08. The van der Waals surface area contributed by atoms with Crippen LogP contribution in [0.5, 0.6) is 0 Å². The fraction of sp³-hybridized carbons (Fsp3) is 0.125. The standard InChI is InChI=1S/C8H6FN5O2/c9-7-1-6(3-16-5-15)2-10-8(7)14-4-11-12-13-14/h1-2,4-5H,3H2. The second-order valence-electron chi connectivity index (χ2n) is 2.81. The van der Waals surface area contributed by atoms with E-state index in [9.17, 15) is 9.18 Å². The molecule has 7 nitrogen and oxygen atoms in total. The van der Waals surface area contributed by atoms with Gasteiger partial charge < -0.3 is 4.74 Å². The Morgan fingerprint density at radius 3 is 3.06 bits per heavy atom. The molecule has 0 aliphatic carbocycles. The van der Waals surface area contributed by atoms with Crippen LogP contribution in [0.2, 0.25) is 0 Å². The zero-order valence-corrected chi connectivity index (χ0v) is 7.95. The lowest BCUT2D eigenvalue weighted by Crippen LogP contribution is -2.03. The maximum Gasteiger partial charge on any atom is 0.293 e. The molecule has 82 valence electrons. The van der Waals surface area contributed by atoms with Crippen LogP contribution in [0, 0.1) is 5.82 Å². The van der Waals surface area contributed by atoms with Crippen molar-refractivity contribution in [1.29, 1.82) is 0 Å². The van der Waals surface area contributed by atoms with Crippen LogP contribution >= 0.6 is 0 Å². The summed E-state index contributed by atoms with van der Waals surface area (Å²) >= 11 is 0. The molecule has 2 aromatic rings. The van der Waals surface area contributed by atoms with Gasteiger partial charge in [0.05, 0.1) is 0 Å². The minimum Gasteiger partial charge on any atom is -0.463 e. The summed E-state index contributed by atoms with van der Waals surface area (Å²) in [7, 11) is 0. The molecule has 0 atom stereocenters. The van der Waals surface area contributed by atoms with Gasteiger partial charge in [0, 0.05) is 11.8 Å². The zero-order chi connectivity index (χ0) is 11.4. The van der Waals surface area contributed by atoms with Crippen LogP contribution in [0.25, 0.3) is 5.82 Å². The molecule has 0 fully saturated rings. The molecule has 0 amide bonds. The van der Waals surface area contributed by atoms with Crippen LogP contribution in [-0.4, -0.2) is 31.7 Å². The van der Waals surface area contributed by atoms with Gasteiger partial charge in [0.15, 0.2) is 11.6 Å². The van der Waals surface area contributed by atoms with E-state index in [2.05, 4.69) is 25.2 Å². The quantitative estimate of drug-likeness (QED) is 0.671. The Morgan fingerprint density at radius 1 is 1.56 bits per heavy atom. The first-order chi connectivity index (χ1) is 7.81. The first-order valence-corrected chi connectivity index (χ1v) is 4.24. The lowest BCUT2D eigenvalue weighted by Gasteiger charge is -2.03. The van der Waals surface area contributed by atoms with Gasteiger partial charge >= 0.3 is 0 Å². The van der Waals surface area contributed by atoms with Crippen LogP contribution in [0.1, 0.15) is 5.56 Å². The fourth-order valence-electron chi connectivity index (χ4n) is 1.11. The van der Waals surface area contributed by atoms with Crippen LogP contribution < -0.4 is 0 Å². The monoisotopic (exact) mass is 223 g/mol. The smallest absolute Gasteiger partial charge is 0.293 e. The SMILES string of the molecule is O=COCc1cnc(-n2cnnn2)c(F)c1. The van der Waals surface area contributed by atoms with Crippen molar-refractivity contribution >= 4 is 6.47 Å². The second-order valence-corrected chi connectivity index (χ2v) is 2.81. The molecular formula is C8H6FN5O2. The molecule has 2 heterocycles. The van der Waals surface area contributed by atoms with Gasteiger partial charge in [-0.1, -0.05) is 0 Å². The molecule has 0 bridgehead atoms. The van der Waals surface area contributed by atoms with Gasteiger partial charge in [0.25, 0.3) is 6.47 Å². The molecule has 0 aliphatic rings. The van der Waals surface area contributed by atoms with Crippen LogP contribution in [0.15, 0.2) is 18.6 Å². The van der Waals surface area contributed by atoms with Crippen molar-refractivity contribution in [3.63, 3.8) is 0 Å². The molecule has 0 aliphatic heterocycles. The van der Waals surface area contributed by atoms with Crippen molar-refractivity contribution in [2.45, 2.75) is 6.61 Å². The number of halogens is 1. The van der Waals surface area contributed by atoms with Gasteiger partial charge in [-0.3, -0.25) is 4.79 Å². The highest BCUT2D eigenvalue weighted by Crippen LogP contribution is 2.10. The summed E-state index contributed by atoms with van der Waals surface area (Å²) < 4.78 is 19.1. The van der Waals surface area contributed by atoms with Gasteiger partial charge in [0.1, 0.15) is 12.9 Å². The molecule has 0 N–H and O–H groups in total. The lowest BCUT2D eigenvalue weighted by molar-refractivity contribution is -0.129. The molecule has 0 aromatic carbocycles. The predicted molar refractivity (Wildman–Crippen MR) is 47.8 cm³/mol. The minimum absolute atomic E-state index is 0.0140. The molecule has 2 rings (SSSR count). The van der Waals surface area contributed by atoms with Crippen molar-refractivity contribution in [2.75, 3.05) is 0 Å². The topological polar surface area (TPSA) is 82.8 Å². The van der Waals surface area contributed by atoms with E-state index in [-0.39, 0.29) is 18.9 Å². The Labute approximate surface area is 88.9 Å². The van der Waals surface area contributed by atoms with Gasteiger partial charge in [-0.15, -0.1) is 5.10 Å². The largest absolute Gasteiger partial charge is 0.463 e. The average Bonchev–Trinajstić information content (AvgIpc) is 2.80. The summed E-state index contributed by atoms with van der Waals surface area (Å²) in [4.78, 5) is 13.8. The van der Waals surface area contributed by atoms with Crippen molar-refractivity contribution in [3.8, 4) is 5.82 Å². The molecule has 2 aromatic heterocycles. The number of rotatable bonds is 4. The van der Waals surface area contributed by atoms with Crippen molar-refractivity contribution < 1.29 is 13.9 Å². The molecule has 0 radical (unpaired) electrons. The number of aromatic nitrogens is 5. The number of carbonyl (C=O) groups excluding carboxylic acids is 1. The summed E-state index contributed by atoms with van der Waals surface area (Å²) in [6.07, 6.45) is 2.61. The molecule has 0 saturated carbocycles. The number of ether oxygens (including phenoxy) is 1. The highest BCUT2D eigenvalue weighted by molar-refractivity contribution is 5.37. The first-order valence-electron chi connectivity index (χ1n) is 4.24. The van der Waals surface area contributed by atoms with E-state index >= 15 is 0 Å². The Bertz CT molecular complexity index is 487. The second kappa shape index (κ2) is 4.43. The van der Waals surface area contributed by atoms with Gasteiger partial charge in [-0.25, -0.2) is 9.37 Å². The number of hydrogen-bond acceptors (Lipinski definition) is 6. The average molecular weight is 223 g/mol. The molecule has 0 saturated heterocycles. The normalized spacial score (nSPS) is 10.1. The molecule has 0 unspecified atom stereocenters. The molecule has 8 heteroatoms. The molecular weight excluding hydrogens is 217 g/mol. The third-order valence-corrected chi connectivity index (χ3v) is 1.76. The van der Waals surface area contributed by atoms with Gasteiger partial charge in [-0.05, 0) is 16.5 Å². The summed E-state index contributed by atoms with van der Waals surface area (Å²) in [5, 5.41) is 10.2. The van der Waals surface area contributed by atoms with E-state index < -0.39 is 5.82 Å². The summed E-state index contributed by atoms with van der Waals surface area (Å²) in [6.45, 7) is 0.260. The van der Waals surface area contributed by atoms with Crippen molar-refractivity contribution in [2.24, 2.45) is 0 Å². The van der Waals surface area contributed by atoms with E-state index in [1.165, 1.54) is 18.6 Å². The van der Waals surface area contributed by atoms with Crippen LogP contribution in [0.3, 0.4) is 0 Å². The Kier molecular flexibility index (Phi) is 2.81. The van der Waals surface area contributed by atoms with Crippen LogP contribution in [0.4, 0.5) is 4.39 Å². The summed E-state index contributed by atoms with van der Waals surface area (Å²) in [5.41, 5.74) is 0.446. The van der Waals surface area contributed by atoms with E-state index in [1.54, 1.807) is 0 Å². The third kappa shape index (κ3) is 2.00. The Hall–Kier alpha value is -2.38. The number of carbonyl (C=O) groups is 1. The Morgan fingerprint density at radius 2 is 2.44 bits per heavy atom. The van der Waals surface area contributed by atoms with Crippen molar-refractivity contribution in [3.05, 3.63) is 30.0 Å². The first kappa shape index (κ1) is 10.1.